The number of hydrogen-bond acceptors (Lipinski definition) is 7. The zero-order valence-corrected chi connectivity index (χ0v) is 15.9. The minimum atomic E-state index is 0.525. The average molecular weight is 383 g/mol. The smallest absolute Gasteiger partial charge is 0.163 e. The minimum absolute atomic E-state index is 0.525. The van der Waals surface area contributed by atoms with Gasteiger partial charge in [0.2, 0.25) is 0 Å². The van der Waals surface area contributed by atoms with Crippen molar-refractivity contribution in [3.63, 3.8) is 0 Å². The van der Waals surface area contributed by atoms with E-state index in [-0.39, 0.29) is 0 Å². The molecule has 0 saturated heterocycles. The fourth-order valence-electron chi connectivity index (χ4n) is 2.98. The molecule has 29 heavy (non-hydrogen) atoms. The second-order valence-corrected chi connectivity index (χ2v) is 6.18. The number of nitrogens with zero attached hydrogens (tertiary/aromatic N) is 4. The average Bonchev–Trinajstić information content (AvgIpc) is 2.78. The van der Waals surface area contributed by atoms with Gasteiger partial charge in [-0.1, -0.05) is 6.07 Å². The highest BCUT2D eigenvalue weighted by molar-refractivity contribution is 5.94. The van der Waals surface area contributed by atoms with E-state index in [2.05, 4.69) is 21.4 Å². The summed E-state index contributed by atoms with van der Waals surface area (Å²) in [6.45, 7) is 0. The molecule has 0 aliphatic heterocycles. The summed E-state index contributed by atoms with van der Waals surface area (Å²) in [5, 5.41) is 13.2. The van der Waals surface area contributed by atoms with E-state index >= 15 is 0 Å². The van der Waals surface area contributed by atoms with Crippen LogP contribution >= 0.6 is 0 Å². The van der Waals surface area contributed by atoms with Crippen molar-refractivity contribution in [3.05, 3.63) is 66.5 Å². The highest BCUT2D eigenvalue weighted by Gasteiger charge is 2.15. The van der Waals surface area contributed by atoms with Crippen LogP contribution in [0.25, 0.3) is 22.3 Å². The first kappa shape index (κ1) is 18.2. The van der Waals surface area contributed by atoms with Crippen molar-refractivity contribution in [2.24, 2.45) is 0 Å². The van der Waals surface area contributed by atoms with Gasteiger partial charge in [-0.2, -0.15) is 5.26 Å². The summed E-state index contributed by atoms with van der Waals surface area (Å²) in [6.07, 6.45) is 3.41. The van der Waals surface area contributed by atoms with Gasteiger partial charge < -0.3 is 14.8 Å². The van der Waals surface area contributed by atoms with Crippen molar-refractivity contribution in [2.45, 2.75) is 0 Å². The van der Waals surface area contributed by atoms with E-state index in [1.165, 1.54) is 0 Å². The van der Waals surface area contributed by atoms with E-state index in [1.54, 1.807) is 38.7 Å². The molecule has 2 aromatic carbocycles. The normalized spacial score (nSPS) is 10.4. The quantitative estimate of drug-likeness (QED) is 0.548. The van der Waals surface area contributed by atoms with Gasteiger partial charge in [-0.05, 0) is 36.4 Å². The highest BCUT2D eigenvalue weighted by Crippen LogP contribution is 2.36. The lowest BCUT2D eigenvalue weighted by molar-refractivity contribution is 0.356. The lowest BCUT2D eigenvalue weighted by atomic mass is 10.1. The molecular formula is C22H17N5O2. The molecule has 0 bridgehead atoms. The number of methoxy groups -OCH3 is 2. The minimum Gasteiger partial charge on any atom is -0.493 e. The van der Waals surface area contributed by atoms with Crippen LogP contribution in [-0.2, 0) is 0 Å². The first-order chi connectivity index (χ1) is 14.2. The van der Waals surface area contributed by atoms with Crippen LogP contribution in [0.4, 0.5) is 11.5 Å². The molecule has 0 fully saturated rings. The number of nitriles is 1. The van der Waals surface area contributed by atoms with Crippen molar-refractivity contribution in [1.29, 1.82) is 5.26 Å². The summed E-state index contributed by atoms with van der Waals surface area (Å²) in [5.74, 6) is 2.27. The lowest BCUT2D eigenvalue weighted by Crippen LogP contribution is -2.01. The molecule has 0 unspecified atom stereocenters. The molecule has 0 saturated carbocycles. The molecule has 7 heteroatoms. The van der Waals surface area contributed by atoms with Gasteiger partial charge >= 0.3 is 0 Å². The Kier molecular flexibility index (Phi) is 4.91. The third-order valence-corrected chi connectivity index (χ3v) is 4.38. The topological polar surface area (TPSA) is 93.0 Å². The molecule has 0 spiro atoms. The van der Waals surface area contributed by atoms with Crippen molar-refractivity contribution in [3.8, 4) is 29.0 Å². The number of nitrogens with one attached hydrogen (secondary N) is 1. The second-order valence-electron chi connectivity index (χ2n) is 6.18. The Morgan fingerprint density at radius 3 is 2.52 bits per heavy atom. The van der Waals surface area contributed by atoms with Crippen molar-refractivity contribution < 1.29 is 9.47 Å². The fourth-order valence-corrected chi connectivity index (χ4v) is 2.98. The molecule has 4 rings (SSSR count). The molecule has 0 aliphatic rings. The van der Waals surface area contributed by atoms with Crippen LogP contribution in [0.3, 0.4) is 0 Å². The summed E-state index contributed by atoms with van der Waals surface area (Å²) >= 11 is 0. The maximum Gasteiger partial charge on any atom is 0.163 e. The van der Waals surface area contributed by atoms with Gasteiger partial charge in [0.05, 0.1) is 31.4 Å². The Bertz CT molecular complexity index is 1220. The number of pyridine rings is 1. The Morgan fingerprint density at radius 1 is 0.966 bits per heavy atom. The molecule has 0 aliphatic carbocycles. The Balaban J connectivity index is 1.92. The van der Waals surface area contributed by atoms with Gasteiger partial charge in [-0.25, -0.2) is 9.97 Å². The van der Waals surface area contributed by atoms with E-state index in [0.29, 0.717) is 34.2 Å². The summed E-state index contributed by atoms with van der Waals surface area (Å²) in [7, 11) is 3.16. The molecule has 4 aromatic rings. The van der Waals surface area contributed by atoms with Crippen LogP contribution in [0.2, 0.25) is 0 Å². The molecule has 0 radical (unpaired) electrons. The predicted molar refractivity (Wildman–Crippen MR) is 110 cm³/mol. The van der Waals surface area contributed by atoms with Crippen LogP contribution in [0.15, 0.2) is 60.9 Å². The third-order valence-electron chi connectivity index (χ3n) is 4.38. The summed E-state index contributed by atoms with van der Waals surface area (Å²) in [5.41, 5.74) is 2.78. The van der Waals surface area contributed by atoms with Gasteiger partial charge in [0, 0.05) is 35.1 Å². The number of aromatic nitrogens is 3. The number of ether oxygens (including phenoxy) is 2. The van der Waals surface area contributed by atoms with E-state index < -0.39 is 0 Å². The van der Waals surface area contributed by atoms with E-state index in [4.69, 9.17) is 14.5 Å². The van der Waals surface area contributed by atoms with Crippen LogP contribution in [-0.4, -0.2) is 29.2 Å². The van der Waals surface area contributed by atoms with Gasteiger partial charge in [0.1, 0.15) is 5.82 Å². The number of anilines is 2. The predicted octanol–water partition coefficient (Wildman–Crippen LogP) is 4.32. The molecule has 0 amide bonds. The molecule has 0 atom stereocenters. The maximum absolute atomic E-state index is 9.18. The van der Waals surface area contributed by atoms with E-state index in [9.17, 15) is 5.26 Å². The Morgan fingerprint density at radius 2 is 1.79 bits per heavy atom. The third kappa shape index (κ3) is 3.64. The highest BCUT2D eigenvalue weighted by atomic mass is 16.5. The van der Waals surface area contributed by atoms with Gasteiger partial charge in [0.25, 0.3) is 0 Å². The first-order valence-electron chi connectivity index (χ1n) is 8.83. The number of rotatable bonds is 5. The van der Waals surface area contributed by atoms with Crippen LogP contribution in [0.5, 0.6) is 11.5 Å². The Labute approximate surface area is 167 Å². The number of benzene rings is 2. The zero-order chi connectivity index (χ0) is 20.2. The summed E-state index contributed by atoms with van der Waals surface area (Å²) in [6, 6.07) is 16.7. The molecule has 142 valence electrons. The van der Waals surface area contributed by atoms with Crippen LogP contribution in [0.1, 0.15) is 5.56 Å². The van der Waals surface area contributed by atoms with Crippen molar-refractivity contribution >= 4 is 22.4 Å². The first-order valence-corrected chi connectivity index (χ1v) is 8.83. The Hall–Kier alpha value is -4.18. The van der Waals surface area contributed by atoms with Gasteiger partial charge in [-0.3, -0.25) is 4.98 Å². The second kappa shape index (κ2) is 7.82. The molecule has 2 heterocycles. The molecule has 1 N–H and O–H groups in total. The summed E-state index contributed by atoms with van der Waals surface area (Å²) < 4.78 is 10.9. The largest absolute Gasteiger partial charge is 0.493 e. The van der Waals surface area contributed by atoms with Crippen LogP contribution in [0, 0.1) is 11.3 Å². The fraction of sp³-hybridized carbons (Fsp3) is 0.0909. The molecule has 7 nitrogen and oxygen atoms in total. The zero-order valence-electron chi connectivity index (χ0n) is 15.9. The number of fused-ring (bicyclic) bond motifs is 1. The standard InChI is InChI=1S/C22H17N5O2/c1-28-19-10-17-18(11-20(19)29-2)26-21(15-6-4-8-24-13-15)27-22(17)25-16-7-3-5-14(9-16)12-23/h3-11,13H,1-2H3,(H,25,26,27). The van der Waals surface area contributed by atoms with Crippen LogP contribution < -0.4 is 14.8 Å². The van der Waals surface area contributed by atoms with Crippen molar-refractivity contribution in [2.75, 3.05) is 19.5 Å². The summed E-state index contributed by atoms with van der Waals surface area (Å²) in [4.78, 5) is 13.6. The van der Waals surface area contributed by atoms with E-state index in [0.717, 1.165) is 16.6 Å². The van der Waals surface area contributed by atoms with Gasteiger partial charge in [0.15, 0.2) is 17.3 Å². The SMILES string of the molecule is COc1cc2nc(-c3cccnc3)nc(Nc3cccc(C#N)c3)c2cc1OC. The van der Waals surface area contributed by atoms with Crippen molar-refractivity contribution in [1.82, 2.24) is 15.0 Å². The van der Waals surface area contributed by atoms with Gasteiger partial charge in [-0.15, -0.1) is 0 Å². The molecular weight excluding hydrogens is 366 g/mol. The monoisotopic (exact) mass is 383 g/mol. The van der Waals surface area contributed by atoms with E-state index in [1.807, 2.05) is 36.4 Å². The molecule has 2 aromatic heterocycles. The maximum atomic E-state index is 9.18. The number of hydrogen-bond donors (Lipinski definition) is 1. The lowest BCUT2D eigenvalue weighted by Gasteiger charge is -2.14.